The number of carbonyl (C=O) groups excluding carboxylic acids is 1. The Morgan fingerprint density at radius 2 is 1.81 bits per heavy atom. The van der Waals surface area contributed by atoms with Gasteiger partial charge in [-0.25, -0.2) is 0 Å². The largest absolute Gasteiger partial charge is 0.497 e. The molecule has 0 spiro atoms. The van der Waals surface area contributed by atoms with Crippen LogP contribution < -0.4 is 10.1 Å². The summed E-state index contributed by atoms with van der Waals surface area (Å²) in [7, 11) is 1.65. The number of methoxy groups -OCH3 is 1. The normalized spacial score (nSPS) is 19.3. The Bertz CT molecular complexity index is 800. The smallest absolute Gasteiger partial charge is 0.306 e. The van der Waals surface area contributed by atoms with Gasteiger partial charge in [0.25, 0.3) is 0 Å². The average Bonchev–Trinajstić information content (AvgIpc) is 2.72. The highest BCUT2D eigenvalue weighted by Gasteiger charge is 2.30. The molecule has 2 N–H and O–H groups in total. The number of nitrogens with one attached hydrogen (secondary N) is 1. The average molecular weight is 367 g/mol. The third kappa shape index (κ3) is 4.88. The van der Waals surface area contributed by atoms with Crippen LogP contribution in [-0.2, 0) is 16.1 Å². The van der Waals surface area contributed by atoms with Crippen LogP contribution in [0.1, 0.15) is 31.2 Å². The summed E-state index contributed by atoms with van der Waals surface area (Å²) in [5.41, 5.74) is 3.17. The van der Waals surface area contributed by atoms with Crippen LogP contribution in [0.15, 0.2) is 48.5 Å². The SMILES string of the molecule is COc1cccc(-c2ccc(CNC(=O)C3CCCC(C(=O)O)C3)cc2)c1. The first-order chi connectivity index (χ1) is 13.1. The number of benzene rings is 2. The molecule has 27 heavy (non-hydrogen) atoms. The fourth-order valence-electron chi connectivity index (χ4n) is 3.60. The zero-order chi connectivity index (χ0) is 19.2. The van der Waals surface area contributed by atoms with Gasteiger partial charge in [0.05, 0.1) is 13.0 Å². The van der Waals surface area contributed by atoms with Gasteiger partial charge in [-0.15, -0.1) is 0 Å². The topological polar surface area (TPSA) is 75.6 Å². The van der Waals surface area contributed by atoms with Crippen LogP contribution in [0, 0.1) is 11.8 Å². The molecule has 0 radical (unpaired) electrons. The molecule has 0 aliphatic heterocycles. The molecule has 0 aromatic heterocycles. The Labute approximate surface area is 159 Å². The number of hydrogen-bond donors (Lipinski definition) is 2. The first-order valence-corrected chi connectivity index (χ1v) is 9.30. The molecule has 142 valence electrons. The molecule has 1 amide bonds. The number of hydrogen-bond acceptors (Lipinski definition) is 3. The van der Waals surface area contributed by atoms with E-state index in [1.165, 1.54) is 0 Å². The van der Waals surface area contributed by atoms with Crippen LogP contribution in [0.25, 0.3) is 11.1 Å². The molecular weight excluding hydrogens is 342 g/mol. The van der Waals surface area contributed by atoms with E-state index in [1.54, 1.807) is 7.11 Å². The molecule has 2 aromatic carbocycles. The number of amides is 1. The third-order valence-corrected chi connectivity index (χ3v) is 5.22. The molecular formula is C22H25NO4. The summed E-state index contributed by atoms with van der Waals surface area (Å²) in [6.07, 6.45) is 2.68. The summed E-state index contributed by atoms with van der Waals surface area (Å²) in [6, 6.07) is 15.9. The van der Waals surface area contributed by atoms with Gasteiger partial charge in [0.15, 0.2) is 0 Å². The van der Waals surface area contributed by atoms with Gasteiger partial charge in [0.1, 0.15) is 5.75 Å². The zero-order valence-electron chi connectivity index (χ0n) is 15.5. The minimum Gasteiger partial charge on any atom is -0.497 e. The van der Waals surface area contributed by atoms with Gasteiger partial charge in [-0.1, -0.05) is 42.8 Å². The lowest BCUT2D eigenvalue weighted by Gasteiger charge is -2.25. The summed E-state index contributed by atoms with van der Waals surface area (Å²) in [5, 5.41) is 12.1. The van der Waals surface area contributed by atoms with Crippen molar-refractivity contribution in [2.24, 2.45) is 11.8 Å². The van der Waals surface area contributed by atoms with Gasteiger partial charge in [0.2, 0.25) is 5.91 Å². The van der Waals surface area contributed by atoms with E-state index in [0.29, 0.717) is 19.4 Å². The molecule has 2 aromatic rings. The molecule has 3 rings (SSSR count). The molecule has 5 nitrogen and oxygen atoms in total. The Morgan fingerprint density at radius 3 is 2.52 bits per heavy atom. The molecule has 1 aliphatic rings. The van der Waals surface area contributed by atoms with Crippen LogP contribution in [0.5, 0.6) is 5.75 Å². The third-order valence-electron chi connectivity index (χ3n) is 5.22. The van der Waals surface area contributed by atoms with Crippen molar-refractivity contribution >= 4 is 11.9 Å². The van der Waals surface area contributed by atoms with Gasteiger partial charge in [-0.2, -0.15) is 0 Å². The van der Waals surface area contributed by atoms with E-state index in [0.717, 1.165) is 35.3 Å². The predicted octanol–water partition coefficient (Wildman–Crippen LogP) is 3.87. The lowest BCUT2D eigenvalue weighted by Crippen LogP contribution is -2.35. The maximum Gasteiger partial charge on any atom is 0.306 e. The maximum absolute atomic E-state index is 12.4. The highest BCUT2D eigenvalue weighted by Crippen LogP contribution is 2.29. The maximum atomic E-state index is 12.4. The van der Waals surface area contributed by atoms with E-state index in [9.17, 15) is 9.59 Å². The number of carboxylic acid groups (broad SMARTS) is 1. The second kappa shape index (κ2) is 8.71. The minimum absolute atomic E-state index is 0.0437. The Morgan fingerprint density at radius 1 is 1.07 bits per heavy atom. The van der Waals surface area contributed by atoms with E-state index >= 15 is 0 Å². The standard InChI is InChI=1S/C22H25NO4/c1-27-20-7-3-4-17(13-20)16-10-8-15(9-11-16)14-23-21(24)18-5-2-6-19(12-18)22(25)26/h3-4,7-11,13,18-19H,2,5-6,12,14H2,1H3,(H,23,24)(H,25,26). The molecule has 1 fully saturated rings. The molecule has 1 aliphatic carbocycles. The number of carboxylic acids is 1. The molecule has 1 saturated carbocycles. The fourth-order valence-corrected chi connectivity index (χ4v) is 3.60. The predicted molar refractivity (Wildman–Crippen MR) is 103 cm³/mol. The van der Waals surface area contributed by atoms with Crippen molar-refractivity contribution in [2.75, 3.05) is 7.11 Å². The van der Waals surface area contributed by atoms with Crippen molar-refractivity contribution in [1.82, 2.24) is 5.32 Å². The van der Waals surface area contributed by atoms with E-state index in [-0.39, 0.29) is 11.8 Å². The second-order valence-electron chi connectivity index (χ2n) is 7.05. The van der Waals surface area contributed by atoms with Crippen molar-refractivity contribution in [2.45, 2.75) is 32.2 Å². The summed E-state index contributed by atoms with van der Waals surface area (Å²) in [4.78, 5) is 23.5. The van der Waals surface area contributed by atoms with Crippen molar-refractivity contribution in [1.29, 1.82) is 0 Å². The Kier molecular flexibility index (Phi) is 6.12. The van der Waals surface area contributed by atoms with Crippen LogP contribution in [0.4, 0.5) is 0 Å². The van der Waals surface area contributed by atoms with Gasteiger partial charge >= 0.3 is 5.97 Å². The number of carbonyl (C=O) groups is 2. The van der Waals surface area contributed by atoms with E-state index < -0.39 is 11.9 Å². The van der Waals surface area contributed by atoms with Gasteiger partial charge in [0, 0.05) is 12.5 Å². The first kappa shape index (κ1) is 19.0. The summed E-state index contributed by atoms with van der Waals surface area (Å²) < 4.78 is 5.26. The van der Waals surface area contributed by atoms with E-state index in [4.69, 9.17) is 9.84 Å². The van der Waals surface area contributed by atoms with Crippen LogP contribution in [0.2, 0.25) is 0 Å². The molecule has 5 heteroatoms. The highest BCUT2D eigenvalue weighted by atomic mass is 16.5. The number of rotatable bonds is 6. The summed E-state index contributed by atoms with van der Waals surface area (Å²) in [5.74, 6) is -0.609. The minimum atomic E-state index is -0.791. The van der Waals surface area contributed by atoms with Gasteiger partial charge in [-0.05, 0) is 48.1 Å². The van der Waals surface area contributed by atoms with E-state index in [1.807, 2.05) is 48.5 Å². The molecule has 0 saturated heterocycles. The lowest BCUT2D eigenvalue weighted by molar-refractivity contribution is -0.144. The molecule has 0 heterocycles. The summed E-state index contributed by atoms with van der Waals surface area (Å²) >= 11 is 0. The van der Waals surface area contributed by atoms with Gasteiger partial charge in [-0.3, -0.25) is 9.59 Å². The fraction of sp³-hybridized carbons (Fsp3) is 0.364. The zero-order valence-corrected chi connectivity index (χ0v) is 15.5. The van der Waals surface area contributed by atoms with Crippen molar-refractivity contribution < 1.29 is 19.4 Å². The van der Waals surface area contributed by atoms with Crippen molar-refractivity contribution in [3.05, 3.63) is 54.1 Å². The number of ether oxygens (including phenoxy) is 1. The second-order valence-corrected chi connectivity index (χ2v) is 7.05. The summed E-state index contributed by atoms with van der Waals surface area (Å²) in [6.45, 7) is 0.450. The Hall–Kier alpha value is -2.82. The lowest BCUT2D eigenvalue weighted by atomic mass is 9.81. The molecule has 2 unspecified atom stereocenters. The van der Waals surface area contributed by atoms with Crippen molar-refractivity contribution in [3.63, 3.8) is 0 Å². The van der Waals surface area contributed by atoms with Crippen molar-refractivity contribution in [3.8, 4) is 16.9 Å². The molecule has 2 atom stereocenters. The quantitative estimate of drug-likeness (QED) is 0.813. The Balaban J connectivity index is 1.57. The molecule has 0 bridgehead atoms. The van der Waals surface area contributed by atoms with Crippen LogP contribution in [-0.4, -0.2) is 24.1 Å². The van der Waals surface area contributed by atoms with E-state index in [2.05, 4.69) is 5.32 Å². The van der Waals surface area contributed by atoms with Crippen LogP contribution in [0.3, 0.4) is 0 Å². The first-order valence-electron chi connectivity index (χ1n) is 9.30. The highest BCUT2D eigenvalue weighted by molar-refractivity contribution is 5.80. The monoisotopic (exact) mass is 367 g/mol. The number of aliphatic carboxylic acids is 1. The van der Waals surface area contributed by atoms with Gasteiger partial charge < -0.3 is 15.2 Å². The van der Waals surface area contributed by atoms with Crippen LogP contribution >= 0.6 is 0 Å².